The third-order valence-corrected chi connectivity index (χ3v) is 4.73. The molecule has 20 heavy (non-hydrogen) atoms. The Bertz CT molecular complexity index is 594. The molecule has 2 atom stereocenters. The first-order chi connectivity index (χ1) is 9.75. The topological polar surface area (TPSA) is 41.1 Å². The van der Waals surface area contributed by atoms with Crippen molar-refractivity contribution in [3.63, 3.8) is 0 Å². The van der Waals surface area contributed by atoms with Gasteiger partial charge in [-0.15, -0.1) is 11.3 Å². The molecule has 4 heteroatoms. The SMILES string of the molecule is C[C@@H]1CNC[C@H]1C(=O)Nc1ccccc1-c1cccs1. The average molecular weight is 286 g/mol. The van der Waals surface area contributed by atoms with Crippen molar-refractivity contribution in [3.8, 4) is 10.4 Å². The zero-order valence-electron chi connectivity index (χ0n) is 11.4. The lowest BCUT2D eigenvalue weighted by atomic mass is 9.97. The number of benzene rings is 1. The fourth-order valence-corrected chi connectivity index (χ4v) is 3.39. The van der Waals surface area contributed by atoms with Crippen LogP contribution in [0.2, 0.25) is 0 Å². The first-order valence-corrected chi connectivity index (χ1v) is 7.78. The highest BCUT2D eigenvalue weighted by molar-refractivity contribution is 7.13. The van der Waals surface area contributed by atoms with Crippen LogP contribution in [0, 0.1) is 11.8 Å². The quantitative estimate of drug-likeness (QED) is 0.909. The maximum absolute atomic E-state index is 12.4. The van der Waals surface area contributed by atoms with Crippen LogP contribution in [-0.4, -0.2) is 19.0 Å². The molecular weight excluding hydrogens is 268 g/mol. The van der Waals surface area contributed by atoms with Gasteiger partial charge in [0.05, 0.1) is 5.92 Å². The Morgan fingerprint density at radius 2 is 2.10 bits per heavy atom. The number of carbonyl (C=O) groups is 1. The van der Waals surface area contributed by atoms with Crippen LogP contribution < -0.4 is 10.6 Å². The zero-order chi connectivity index (χ0) is 13.9. The van der Waals surface area contributed by atoms with Crippen molar-refractivity contribution < 1.29 is 4.79 Å². The van der Waals surface area contributed by atoms with E-state index in [1.54, 1.807) is 11.3 Å². The molecule has 0 radical (unpaired) electrons. The van der Waals surface area contributed by atoms with Gasteiger partial charge in [0.1, 0.15) is 0 Å². The summed E-state index contributed by atoms with van der Waals surface area (Å²) in [5, 5.41) is 8.42. The van der Waals surface area contributed by atoms with Crippen molar-refractivity contribution in [2.45, 2.75) is 6.92 Å². The fraction of sp³-hybridized carbons (Fsp3) is 0.312. The molecule has 1 saturated heterocycles. The van der Waals surface area contributed by atoms with E-state index in [2.05, 4.69) is 35.1 Å². The summed E-state index contributed by atoms with van der Waals surface area (Å²) in [5.41, 5.74) is 1.99. The maximum Gasteiger partial charge on any atom is 0.229 e. The monoisotopic (exact) mass is 286 g/mol. The molecule has 2 N–H and O–H groups in total. The Morgan fingerprint density at radius 3 is 2.80 bits per heavy atom. The van der Waals surface area contributed by atoms with Crippen LogP contribution in [-0.2, 0) is 4.79 Å². The van der Waals surface area contributed by atoms with Crippen molar-refractivity contribution in [3.05, 3.63) is 41.8 Å². The van der Waals surface area contributed by atoms with Gasteiger partial charge in [-0.3, -0.25) is 4.79 Å². The normalized spacial score (nSPS) is 21.9. The number of anilines is 1. The first kappa shape index (κ1) is 13.3. The van der Waals surface area contributed by atoms with Gasteiger partial charge in [0, 0.05) is 22.7 Å². The lowest BCUT2D eigenvalue weighted by Crippen LogP contribution is -2.28. The molecule has 104 valence electrons. The van der Waals surface area contributed by atoms with E-state index in [0.717, 1.165) is 24.3 Å². The molecule has 0 spiro atoms. The molecule has 1 amide bonds. The van der Waals surface area contributed by atoms with Crippen LogP contribution in [0.1, 0.15) is 6.92 Å². The van der Waals surface area contributed by atoms with Crippen molar-refractivity contribution in [1.82, 2.24) is 5.32 Å². The van der Waals surface area contributed by atoms with Crippen LogP contribution in [0.4, 0.5) is 5.69 Å². The fourth-order valence-electron chi connectivity index (χ4n) is 2.63. The summed E-state index contributed by atoms with van der Waals surface area (Å²) in [6, 6.07) is 12.1. The summed E-state index contributed by atoms with van der Waals surface area (Å²) >= 11 is 1.69. The molecule has 3 nitrogen and oxygen atoms in total. The van der Waals surface area contributed by atoms with E-state index in [1.165, 1.54) is 4.88 Å². The minimum absolute atomic E-state index is 0.0615. The van der Waals surface area contributed by atoms with E-state index >= 15 is 0 Å². The van der Waals surface area contributed by atoms with Gasteiger partial charge in [-0.25, -0.2) is 0 Å². The van der Waals surface area contributed by atoms with Crippen LogP contribution in [0.3, 0.4) is 0 Å². The van der Waals surface area contributed by atoms with Gasteiger partial charge in [-0.05, 0) is 30.0 Å². The van der Waals surface area contributed by atoms with Gasteiger partial charge in [0.25, 0.3) is 0 Å². The standard InChI is InChI=1S/C16H18N2OS/c1-11-9-17-10-13(11)16(19)18-14-6-3-2-5-12(14)15-7-4-8-20-15/h2-8,11,13,17H,9-10H2,1H3,(H,18,19)/t11-,13-/m1/s1. The number of carbonyl (C=O) groups excluding carboxylic acids is 1. The van der Waals surface area contributed by atoms with Crippen LogP contribution in [0.15, 0.2) is 41.8 Å². The Hall–Kier alpha value is -1.65. The van der Waals surface area contributed by atoms with Crippen LogP contribution in [0.5, 0.6) is 0 Å². The third kappa shape index (κ3) is 2.62. The minimum Gasteiger partial charge on any atom is -0.325 e. The highest BCUT2D eigenvalue weighted by Gasteiger charge is 2.29. The zero-order valence-corrected chi connectivity index (χ0v) is 12.2. The predicted octanol–water partition coefficient (Wildman–Crippen LogP) is 3.21. The second-order valence-electron chi connectivity index (χ2n) is 5.25. The highest BCUT2D eigenvalue weighted by atomic mass is 32.1. The molecule has 1 aromatic carbocycles. The number of para-hydroxylation sites is 1. The third-order valence-electron chi connectivity index (χ3n) is 3.83. The molecule has 2 heterocycles. The molecule has 0 unspecified atom stereocenters. The average Bonchev–Trinajstić information content (AvgIpc) is 3.10. The molecule has 1 aliphatic heterocycles. The molecular formula is C16H18N2OS. The molecule has 1 aliphatic rings. The van der Waals surface area contributed by atoms with E-state index in [-0.39, 0.29) is 11.8 Å². The smallest absolute Gasteiger partial charge is 0.229 e. The molecule has 0 bridgehead atoms. The summed E-state index contributed by atoms with van der Waals surface area (Å²) in [4.78, 5) is 13.6. The largest absolute Gasteiger partial charge is 0.325 e. The molecule has 1 fully saturated rings. The Balaban J connectivity index is 1.83. The van der Waals surface area contributed by atoms with Crippen LogP contribution in [0.25, 0.3) is 10.4 Å². The van der Waals surface area contributed by atoms with Crippen LogP contribution >= 0.6 is 11.3 Å². The molecule has 2 aromatic rings. The Labute approximate surface area is 123 Å². The highest BCUT2D eigenvalue weighted by Crippen LogP contribution is 2.32. The van der Waals surface area contributed by atoms with Crippen molar-refractivity contribution in [2.24, 2.45) is 11.8 Å². The van der Waals surface area contributed by atoms with E-state index in [9.17, 15) is 4.79 Å². The lowest BCUT2D eigenvalue weighted by Gasteiger charge is -2.16. The van der Waals surface area contributed by atoms with E-state index in [4.69, 9.17) is 0 Å². The summed E-state index contributed by atoms with van der Waals surface area (Å²) < 4.78 is 0. The summed E-state index contributed by atoms with van der Waals surface area (Å²) in [7, 11) is 0. The molecule has 1 aromatic heterocycles. The van der Waals surface area contributed by atoms with E-state index in [0.29, 0.717) is 5.92 Å². The minimum atomic E-state index is 0.0615. The number of hydrogen-bond donors (Lipinski definition) is 2. The number of hydrogen-bond acceptors (Lipinski definition) is 3. The van der Waals surface area contributed by atoms with E-state index < -0.39 is 0 Å². The second-order valence-corrected chi connectivity index (χ2v) is 6.20. The van der Waals surface area contributed by atoms with Crippen molar-refractivity contribution in [1.29, 1.82) is 0 Å². The van der Waals surface area contributed by atoms with Gasteiger partial charge in [0.2, 0.25) is 5.91 Å². The van der Waals surface area contributed by atoms with Gasteiger partial charge in [-0.1, -0.05) is 31.2 Å². The molecule has 0 aliphatic carbocycles. The summed E-state index contributed by atoms with van der Waals surface area (Å²) in [6.45, 7) is 3.81. The second kappa shape index (κ2) is 5.77. The van der Waals surface area contributed by atoms with Crippen molar-refractivity contribution in [2.75, 3.05) is 18.4 Å². The Kier molecular flexibility index (Phi) is 3.85. The lowest BCUT2D eigenvalue weighted by molar-refractivity contribution is -0.120. The maximum atomic E-state index is 12.4. The first-order valence-electron chi connectivity index (χ1n) is 6.90. The number of amides is 1. The van der Waals surface area contributed by atoms with Crippen molar-refractivity contribution >= 4 is 22.9 Å². The van der Waals surface area contributed by atoms with E-state index in [1.807, 2.05) is 24.3 Å². The number of rotatable bonds is 3. The van der Waals surface area contributed by atoms with Gasteiger partial charge < -0.3 is 10.6 Å². The number of nitrogens with one attached hydrogen (secondary N) is 2. The number of thiophene rings is 1. The summed E-state index contributed by atoms with van der Waals surface area (Å²) in [6.07, 6.45) is 0. The Morgan fingerprint density at radius 1 is 1.25 bits per heavy atom. The molecule has 0 saturated carbocycles. The predicted molar refractivity (Wildman–Crippen MR) is 83.9 cm³/mol. The van der Waals surface area contributed by atoms with Gasteiger partial charge >= 0.3 is 0 Å². The van der Waals surface area contributed by atoms with Gasteiger partial charge in [0.15, 0.2) is 0 Å². The molecule has 3 rings (SSSR count). The van der Waals surface area contributed by atoms with Gasteiger partial charge in [-0.2, -0.15) is 0 Å². The summed E-state index contributed by atoms with van der Waals surface area (Å²) in [5.74, 6) is 0.571.